The highest BCUT2D eigenvalue weighted by Crippen LogP contribution is 2.18. The third-order valence-electron chi connectivity index (χ3n) is 2.97. The van der Waals surface area contributed by atoms with Crippen LogP contribution in [-0.2, 0) is 11.3 Å². The first kappa shape index (κ1) is 12.0. The lowest BCUT2D eigenvalue weighted by Gasteiger charge is -2.07. The number of pyridine rings is 1. The largest absolute Gasteiger partial charge is 0.352 e. The molecule has 17 heavy (non-hydrogen) atoms. The molecule has 1 aliphatic carbocycles. The molecule has 1 fully saturated rings. The van der Waals surface area contributed by atoms with E-state index in [1.165, 1.54) is 12.8 Å². The van der Waals surface area contributed by atoms with Crippen LogP contribution in [0, 0.1) is 6.92 Å². The van der Waals surface area contributed by atoms with Crippen LogP contribution in [0.5, 0.6) is 0 Å². The first-order chi connectivity index (χ1) is 8.25. The number of hydrogen-bond donors (Lipinski definition) is 2. The average Bonchev–Trinajstić information content (AvgIpc) is 3.12. The topological polar surface area (TPSA) is 54.0 Å². The number of aryl methyl sites for hydroxylation is 1. The van der Waals surface area contributed by atoms with Crippen LogP contribution < -0.4 is 10.6 Å². The van der Waals surface area contributed by atoms with E-state index in [0.29, 0.717) is 19.0 Å². The van der Waals surface area contributed by atoms with E-state index in [2.05, 4.69) is 15.6 Å². The van der Waals surface area contributed by atoms with Gasteiger partial charge in [-0.1, -0.05) is 0 Å². The van der Waals surface area contributed by atoms with Crippen LogP contribution in [0.15, 0.2) is 18.5 Å². The molecule has 2 N–H and O–H groups in total. The smallest absolute Gasteiger partial charge is 0.221 e. The van der Waals surface area contributed by atoms with Crippen LogP contribution in [0.4, 0.5) is 0 Å². The Bertz CT molecular complexity index is 388. The first-order valence-corrected chi connectivity index (χ1v) is 6.15. The van der Waals surface area contributed by atoms with E-state index >= 15 is 0 Å². The normalized spacial score (nSPS) is 14.6. The summed E-state index contributed by atoms with van der Waals surface area (Å²) >= 11 is 0. The Kier molecular flexibility index (Phi) is 4.09. The first-order valence-electron chi connectivity index (χ1n) is 6.15. The molecule has 92 valence electrons. The second kappa shape index (κ2) is 5.77. The highest BCUT2D eigenvalue weighted by atomic mass is 16.1. The minimum Gasteiger partial charge on any atom is -0.352 e. The Morgan fingerprint density at radius 1 is 1.53 bits per heavy atom. The molecule has 0 aromatic carbocycles. The highest BCUT2D eigenvalue weighted by Gasteiger charge is 2.19. The van der Waals surface area contributed by atoms with Crippen LogP contribution in [0.2, 0.25) is 0 Å². The molecular weight excluding hydrogens is 214 g/mol. The van der Waals surface area contributed by atoms with Crippen molar-refractivity contribution in [3.63, 3.8) is 0 Å². The van der Waals surface area contributed by atoms with Gasteiger partial charge in [-0.3, -0.25) is 9.78 Å². The van der Waals surface area contributed by atoms with Crippen molar-refractivity contribution in [1.29, 1.82) is 0 Å². The van der Waals surface area contributed by atoms with Crippen molar-refractivity contribution in [2.75, 3.05) is 6.54 Å². The van der Waals surface area contributed by atoms with Gasteiger partial charge in [0.1, 0.15) is 0 Å². The molecule has 1 aromatic heterocycles. The Morgan fingerprint density at radius 3 is 3.06 bits per heavy atom. The number of nitrogens with one attached hydrogen (secondary N) is 2. The van der Waals surface area contributed by atoms with Crippen LogP contribution in [0.1, 0.15) is 30.4 Å². The van der Waals surface area contributed by atoms with Crippen molar-refractivity contribution in [2.24, 2.45) is 0 Å². The third kappa shape index (κ3) is 4.15. The average molecular weight is 233 g/mol. The molecule has 0 bridgehead atoms. The lowest BCUT2D eigenvalue weighted by Crippen LogP contribution is -2.28. The van der Waals surface area contributed by atoms with Gasteiger partial charge in [0.05, 0.1) is 0 Å². The number of amides is 1. The summed E-state index contributed by atoms with van der Waals surface area (Å²) in [5.74, 6) is 0.106. The Balaban J connectivity index is 1.66. The van der Waals surface area contributed by atoms with Crippen LogP contribution in [-0.4, -0.2) is 23.5 Å². The van der Waals surface area contributed by atoms with Crippen molar-refractivity contribution in [3.05, 3.63) is 29.6 Å². The van der Waals surface area contributed by atoms with Gasteiger partial charge in [0.15, 0.2) is 0 Å². The number of carbonyl (C=O) groups excluding carboxylic acids is 1. The molecule has 0 radical (unpaired) electrons. The van der Waals surface area contributed by atoms with Gasteiger partial charge >= 0.3 is 0 Å². The molecule has 0 atom stereocenters. The van der Waals surface area contributed by atoms with E-state index in [-0.39, 0.29) is 5.91 Å². The summed E-state index contributed by atoms with van der Waals surface area (Å²) in [6.07, 6.45) is 6.65. The van der Waals surface area contributed by atoms with Gasteiger partial charge in [-0.15, -0.1) is 0 Å². The maximum absolute atomic E-state index is 11.6. The fourth-order valence-corrected chi connectivity index (χ4v) is 1.66. The Hall–Kier alpha value is -1.42. The van der Waals surface area contributed by atoms with E-state index in [9.17, 15) is 4.79 Å². The SMILES string of the molecule is Cc1cnccc1CNC(=O)CCNC1CC1. The molecular formula is C13H19N3O. The molecule has 1 amide bonds. The zero-order chi connectivity index (χ0) is 12.1. The third-order valence-corrected chi connectivity index (χ3v) is 2.97. The number of carbonyl (C=O) groups is 1. The van der Waals surface area contributed by atoms with Gasteiger partial charge in [0.2, 0.25) is 5.91 Å². The second-order valence-electron chi connectivity index (χ2n) is 4.56. The van der Waals surface area contributed by atoms with Gasteiger partial charge in [-0.25, -0.2) is 0 Å². The van der Waals surface area contributed by atoms with Gasteiger partial charge in [0.25, 0.3) is 0 Å². The van der Waals surface area contributed by atoms with Crippen molar-refractivity contribution in [1.82, 2.24) is 15.6 Å². The van der Waals surface area contributed by atoms with Crippen molar-refractivity contribution >= 4 is 5.91 Å². The Labute approximate surface area is 102 Å². The summed E-state index contributed by atoms with van der Waals surface area (Å²) in [6.45, 7) is 3.38. The summed E-state index contributed by atoms with van der Waals surface area (Å²) in [7, 11) is 0. The minimum atomic E-state index is 0.106. The molecule has 0 aliphatic heterocycles. The summed E-state index contributed by atoms with van der Waals surface area (Å²) in [6, 6.07) is 2.61. The molecule has 0 saturated heterocycles. The predicted molar refractivity (Wildman–Crippen MR) is 66.5 cm³/mol. The van der Waals surface area contributed by atoms with Gasteiger partial charge in [0, 0.05) is 37.9 Å². The molecule has 2 rings (SSSR count). The van der Waals surface area contributed by atoms with Crippen molar-refractivity contribution < 1.29 is 4.79 Å². The fourth-order valence-electron chi connectivity index (χ4n) is 1.66. The molecule has 1 heterocycles. The second-order valence-corrected chi connectivity index (χ2v) is 4.56. The summed E-state index contributed by atoms with van der Waals surface area (Å²) in [4.78, 5) is 15.6. The van der Waals surface area contributed by atoms with E-state index in [1.807, 2.05) is 19.2 Å². The zero-order valence-corrected chi connectivity index (χ0v) is 10.2. The van der Waals surface area contributed by atoms with Gasteiger partial charge < -0.3 is 10.6 Å². The molecule has 4 nitrogen and oxygen atoms in total. The molecule has 1 saturated carbocycles. The van der Waals surface area contributed by atoms with Crippen molar-refractivity contribution in [3.8, 4) is 0 Å². The number of nitrogens with zero attached hydrogens (tertiary/aromatic N) is 1. The molecule has 1 aromatic rings. The number of rotatable bonds is 6. The van der Waals surface area contributed by atoms with Crippen molar-refractivity contribution in [2.45, 2.75) is 38.8 Å². The lowest BCUT2D eigenvalue weighted by molar-refractivity contribution is -0.121. The number of hydrogen-bond acceptors (Lipinski definition) is 3. The zero-order valence-electron chi connectivity index (χ0n) is 10.2. The molecule has 1 aliphatic rings. The summed E-state index contributed by atoms with van der Waals surface area (Å²) < 4.78 is 0. The minimum absolute atomic E-state index is 0.106. The lowest BCUT2D eigenvalue weighted by atomic mass is 10.1. The standard InChI is InChI=1S/C13H19N3O/c1-10-8-14-6-4-11(10)9-16-13(17)5-7-15-12-2-3-12/h4,6,8,12,15H,2-3,5,7,9H2,1H3,(H,16,17). The maximum atomic E-state index is 11.6. The molecule has 0 spiro atoms. The Morgan fingerprint density at radius 2 is 2.35 bits per heavy atom. The van der Waals surface area contributed by atoms with E-state index in [1.54, 1.807) is 6.20 Å². The van der Waals surface area contributed by atoms with E-state index in [0.717, 1.165) is 17.7 Å². The molecule has 4 heteroatoms. The predicted octanol–water partition coefficient (Wildman–Crippen LogP) is 1.15. The monoisotopic (exact) mass is 233 g/mol. The van der Waals surface area contributed by atoms with E-state index < -0.39 is 0 Å². The maximum Gasteiger partial charge on any atom is 0.221 e. The quantitative estimate of drug-likeness (QED) is 0.775. The summed E-state index contributed by atoms with van der Waals surface area (Å²) in [5, 5.41) is 6.25. The summed E-state index contributed by atoms with van der Waals surface area (Å²) in [5.41, 5.74) is 2.24. The molecule has 0 unspecified atom stereocenters. The van der Waals surface area contributed by atoms with E-state index in [4.69, 9.17) is 0 Å². The van der Waals surface area contributed by atoms with Crippen LogP contribution in [0.25, 0.3) is 0 Å². The number of aromatic nitrogens is 1. The highest BCUT2D eigenvalue weighted by molar-refractivity contribution is 5.76. The fraction of sp³-hybridized carbons (Fsp3) is 0.538. The van der Waals surface area contributed by atoms with Gasteiger partial charge in [-0.2, -0.15) is 0 Å². The van der Waals surface area contributed by atoms with Gasteiger partial charge in [-0.05, 0) is 37.0 Å². The van der Waals surface area contributed by atoms with Crippen LogP contribution in [0.3, 0.4) is 0 Å². The van der Waals surface area contributed by atoms with Crippen LogP contribution >= 0.6 is 0 Å².